The second-order valence-corrected chi connectivity index (χ2v) is 30.5. The van der Waals surface area contributed by atoms with E-state index in [-0.39, 0.29) is 11.2 Å². The standard InChI is InChI=1S/C13H12O.C11H16.C10H16Si.C8H10O.4C8H10.C7H7F.C7H8O/c1-11-6-5-9-13(10-11)14-12-7-3-2-4-8-12;2*1-9-5-7-10(8-6-9)11(2,3)4;1-7-3-5-8(9-2)6-4-7;4*1-7-3-5-8(2)6-4-7;1-6-2-4-7(8)5-3-6;1-8-7-5-3-2-4-6-7/h2-10H,1H3;2*5-8H,1-4H3;3-6H,1-2H3;4*3-6H,1-2H3;2-5H,1H3;2-6H,1H3. The van der Waals surface area contributed by atoms with Crippen LogP contribution in [0.1, 0.15) is 98.7 Å². The van der Waals surface area contributed by atoms with Gasteiger partial charge in [-0.3, -0.25) is 0 Å². The van der Waals surface area contributed by atoms with E-state index in [0.29, 0.717) is 0 Å². The van der Waals surface area contributed by atoms with Crippen molar-refractivity contribution in [3.05, 3.63) is 363 Å². The monoisotopic (exact) mass is 1260 g/mol. The molecule has 11 rings (SSSR count). The number of halogens is 1. The molecule has 0 N–H and O–H groups in total. The summed E-state index contributed by atoms with van der Waals surface area (Å²) in [6.45, 7) is 40.9. The molecule has 0 heterocycles. The lowest BCUT2D eigenvalue weighted by molar-refractivity contribution is 0.414. The van der Waals surface area contributed by atoms with Crippen LogP contribution in [0.4, 0.5) is 4.39 Å². The Bertz CT molecular complexity index is 3210. The van der Waals surface area contributed by atoms with E-state index in [1.54, 1.807) is 31.5 Å². The quantitative estimate of drug-likeness (QED) is 0.161. The van der Waals surface area contributed by atoms with Crippen LogP contribution in [0, 0.1) is 95.8 Å². The van der Waals surface area contributed by atoms with Gasteiger partial charge in [-0.2, -0.15) is 0 Å². The van der Waals surface area contributed by atoms with Crippen LogP contribution >= 0.6 is 0 Å². The van der Waals surface area contributed by atoms with Crippen molar-refractivity contribution in [1.82, 2.24) is 0 Å². The van der Waals surface area contributed by atoms with Gasteiger partial charge in [0, 0.05) is 0 Å². The van der Waals surface area contributed by atoms with Gasteiger partial charge in [0.1, 0.15) is 28.8 Å². The molecule has 0 amide bonds. The zero-order valence-corrected chi connectivity index (χ0v) is 61.2. The van der Waals surface area contributed by atoms with Gasteiger partial charge < -0.3 is 14.2 Å². The lowest BCUT2D eigenvalue weighted by Crippen LogP contribution is -2.37. The number of methoxy groups -OCH3 is 2. The molecule has 0 atom stereocenters. The molecular formula is C88H109FO3Si. The Kier molecular flexibility index (Phi) is 38.3. The predicted molar refractivity (Wildman–Crippen MR) is 407 cm³/mol. The fourth-order valence-electron chi connectivity index (χ4n) is 7.72. The highest BCUT2D eigenvalue weighted by atomic mass is 28.3. The van der Waals surface area contributed by atoms with E-state index in [2.05, 4.69) is 275 Å². The summed E-state index contributed by atoms with van der Waals surface area (Å²) in [5, 5.41) is 1.54. The Balaban J connectivity index is 0.000000354. The van der Waals surface area contributed by atoms with Crippen LogP contribution in [0.2, 0.25) is 19.6 Å². The van der Waals surface area contributed by atoms with Crippen LogP contribution in [0.15, 0.2) is 279 Å². The summed E-state index contributed by atoms with van der Waals surface area (Å²) in [4.78, 5) is 0. The molecular weight excluding hydrogens is 1150 g/mol. The number of rotatable bonds is 5. The first-order chi connectivity index (χ1) is 44.0. The average Bonchev–Trinajstić information content (AvgIpc) is 1.70. The van der Waals surface area contributed by atoms with E-state index in [4.69, 9.17) is 14.2 Å². The molecule has 490 valence electrons. The minimum atomic E-state index is -1.06. The number of hydrogen-bond acceptors (Lipinski definition) is 3. The third-order valence-corrected chi connectivity index (χ3v) is 16.0. The van der Waals surface area contributed by atoms with Crippen LogP contribution in [-0.2, 0) is 5.41 Å². The fraction of sp³-hybridized carbons (Fsp3) is 0.250. The van der Waals surface area contributed by atoms with Crippen molar-refractivity contribution in [2.24, 2.45) is 0 Å². The maximum atomic E-state index is 12.1. The lowest BCUT2D eigenvalue weighted by Gasteiger charge is -2.18. The fourth-order valence-corrected chi connectivity index (χ4v) is 8.89. The highest BCUT2D eigenvalue weighted by molar-refractivity contribution is 6.88. The van der Waals surface area contributed by atoms with Crippen LogP contribution in [-0.4, -0.2) is 22.3 Å². The molecule has 11 aromatic rings. The smallest absolute Gasteiger partial charge is 0.127 e. The van der Waals surface area contributed by atoms with Crippen LogP contribution in [0.3, 0.4) is 0 Å². The molecule has 0 aliphatic rings. The maximum Gasteiger partial charge on any atom is 0.127 e. The first kappa shape index (κ1) is 80.1. The highest BCUT2D eigenvalue weighted by Gasteiger charge is 2.15. The Labute approximate surface area is 564 Å². The van der Waals surface area contributed by atoms with Gasteiger partial charge >= 0.3 is 0 Å². The van der Waals surface area contributed by atoms with Crippen molar-refractivity contribution >= 4 is 13.3 Å². The summed E-state index contributed by atoms with van der Waals surface area (Å²) in [6, 6.07) is 93.5. The molecule has 0 saturated carbocycles. The number of para-hydroxylation sites is 2. The summed E-state index contributed by atoms with van der Waals surface area (Å²) in [5.41, 5.74) is 18.6. The first-order valence-electron chi connectivity index (χ1n) is 32.0. The predicted octanol–water partition coefficient (Wildman–Crippen LogP) is 24.7. The average molecular weight is 1260 g/mol. The largest absolute Gasteiger partial charge is 0.497 e. The van der Waals surface area contributed by atoms with E-state index in [0.717, 1.165) is 28.6 Å². The molecule has 0 aliphatic carbocycles. The molecule has 0 aromatic heterocycles. The minimum Gasteiger partial charge on any atom is -0.497 e. The van der Waals surface area contributed by atoms with Crippen LogP contribution in [0.25, 0.3) is 0 Å². The molecule has 5 heteroatoms. The van der Waals surface area contributed by atoms with Gasteiger partial charge in [-0.25, -0.2) is 4.39 Å². The third kappa shape index (κ3) is 39.8. The number of hydrogen-bond donors (Lipinski definition) is 0. The van der Waals surface area contributed by atoms with Crippen LogP contribution < -0.4 is 19.4 Å². The van der Waals surface area contributed by atoms with E-state index >= 15 is 0 Å². The van der Waals surface area contributed by atoms with Gasteiger partial charge in [-0.1, -0.05) is 331 Å². The van der Waals surface area contributed by atoms with Gasteiger partial charge in [-0.05, 0) is 167 Å². The molecule has 11 aromatic carbocycles. The Morgan fingerprint density at radius 2 is 0.505 bits per heavy atom. The summed E-state index contributed by atoms with van der Waals surface area (Å²) < 4.78 is 27.6. The topological polar surface area (TPSA) is 27.7 Å². The number of benzene rings is 11. The van der Waals surface area contributed by atoms with Gasteiger partial charge in [-0.15, -0.1) is 0 Å². The first-order valence-corrected chi connectivity index (χ1v) is 35.5. The normalized spacial score (nSPS) is 9.83. The molecule has 0 aliphatic heterocycles. The Hall–Kier alpha value is -9.03. The zero-order chi connectivity index (χ0) is 69.2. The van der Waals surface area contributed by atoms with Gasteiger partial charge in [0.05, 0.1) is 22.3 Å². The van der Waals surface area contributed by atoms with Crippen molar-refractivity contribution in [1.29, 1.82) is 0 Å². The third-order valence-electron chi connectivity index (χ3n) is 13.9. The summed E-state index contributed by atoms with van der Waals surface area (Å²) in [5.74, 6) is 3.41. The van der Waals surface area contributed by atoms with Crippen molar-refractivity contribution in [3.63, 3.8) is 0 Å². The van der Waals surface area contributed by atoms with E-state index < -0.39 is 8.07 Å². The lowest BCUT2D eigenvalue weighted by atomic mass is 9.87. The SMILES string of the molecule is COc1ccc(C)cc1.COc1ccccc1.Cc1ccc(C(C)(C)C)cc1.Cc1ccc(C)cc1.Cc1ccc(C)cc1.Cc1ccc(C)cc1.Cc1ccc(C)cc1.Cc1ccc(F)cc1.Cc1ccc([Si](C)(C)C)cc1.Cc1cccc(Oc2ccccc2)c1. The summed E-state index contributed by atoms with van der Waals surface area (Å²) in [6.07, 6.45) is 0. The van der Waals surface area contributed by atoms with Crippen molar-refractivity contribution in [2.75, 3.05) is 14.2 Å². The molecule has 0 fully saturated rings. The Morgan fingerprint density at radius 1 is 0.258 bits per heavy atom. The highest BCUT2D eigenvalue weighted by Crippen LogP contribution is 2.23. The van der Waals surface area contributed by atoms with Gasteiger partial charge in [0.2, 0.25) is 0 Å². The van der Waals surface area contributed by atoms with Crippen LogP contribution in [0.5, 0.6) is 23.0 Å². The Morgan fingerprint density at radius 3 is 0.763 bits per heavy atom. The van der Waals surface area contributed by atoms with Crippen molar-refractivity contribution in [3.8, 4) is 23.0 Å². The summed E-state index contributed by atoms with van der Waals surface area (Å²) >= 11 is 0. The molecule has 0 saturated heterocycles. The van der Waals surface area contributed by atoms with E-state index in [1.165, 1.54) is 84.5 Å². The second kappa shape index (κ2) is 44.5. The molecule has 3 nitrogen and oxygen atoms in total. The second-order valence-electron chi connectivity index (χ2n) is 25.4. The molecule has 0 spiro atoms. The summed E-state index contributed by atoms with van der Waals surface area (Å²) in [7, 11) is 2.28. The number of aryl methyl sites for hydroxylation is 13. The molecule has 0 radical (unpaired) electrons. The maximum absolute atomic E-state index is 12.1. The molecule has 93 heavy (non-hydrogen) atoms. The number of ether oxygens (including phenoxy) is 3. The van der Waals surface area contributed by atoms with Gasteiger partial charge in [0.15, 0.2) is 0 Å². The van der Waals surface area contributed by atoms with E-state index in [9.17, 15) is 4.39 Å². The molecule has 0 unspecified atom stereocenters. The van der Waals surface area contributed by atoms with Crippen molar-refractivity contribution < 1.29 is 18.6 Å². The van der Waals surface area contributed by atoms with Gasteiger partial charge in [0.25, 0.3) is 0 Å². The molecule has 0 bridgehead atoms. The minimum absolute atomic E-state index is 0.171. The van der Waals surface area contributed by atoms with Crippen molar-refractivity contribution in [2.45, 2.75) is 136 Å². The zero-order valence-electron chi connectivity index (χ0n) is 60.2. The van der Waals surface area contributed by atoms with E-state index in [1.807, 2.05) is 110 Å².